The molecule has 0 fully saturated rings. The summed E-state index contributed by atoms with van der Waals surface area (Å²) in [5.41, 5.74) is 10.1. The number of rotatable bonds is 5. The predicted octanol–water partition coefficient (Wildman–Crippen LogP) is 2.31. The van der Waals surface area contributed by atoms with Crippen LogP contribution >= 0.6 is 0 Å². The third kappa shape index (κ3) is 2.37. The third-order valence-electron chi connectivity index (χ3n) is 4.08. The van der Waals surface area contributed by atoms with Crippen LogP contribution in [0.3, 0.4) is 0 Å². The summed E-state index contributed by atoms with van der Waals surface area (Å²) in [5.74, 6) is 0. The van der Waals surface area contributed by atoms with Gasteiger partial charge in [0.05, 0.1) is 18.1 Å². The lowest BCUT2D eigenvalue weighted by atomic mass is 10.1. The zero-order valence-corrected chi connectivity index (χ0v) is 12.0. The number of nitrogens with zero attached hydrogens (tertiary/aromatic N) is 3. The molecule has 0 saturated heterocycles. The molecule has 0 aliphatic carbocycles. The average molecular weight is 270 g/mol. The second kappa shape index (κ2) is 5.77. The molecule has 20 heavy (non-hydrogen) atoms. The summed E-state index contributed by atoms with van der Waals surface area (Å²) >= 11 is 0. The molecular formula is C16H22N4. The van der Waals surface area contributed by atoms with Crippen LogP contribution in [-0.4, -0.2) is 21.0 Å². The highest BCUT2D eigenvalue weighted by Crippen LogP contribution is 2.30. The van der Waals surface area contributed by atoms with Crippen LogP contribution in [0.5, 0.6) is 0 Å². The van der Waals surface area contributed by atoms with E-state index in [0.717, 1.165) is 26.1 Å². The van der Waals surface area contributed by atoms with Crippen LogP contribution in [0.15, 0.2) is 36.8 Å². The molecule has 0 spiro atoms. The minimum absolute atomic E-state index is 0.247. The van der Waals surface area contributed by atoms with Gasteiger partial charge in [-0.3, -0.25) is 4.90 Å². The lowest BCUT2D eigenvalue weighted by Gasteiger charge is -2.27. The van der Waals surface area contributed by atoms with Crippen LogP contribution < -0.4 is 5.73 Å². The molecule has 0 radical (unpaired) electrons. The molecule has 4 heteroatoms. The maximum Gasteiger partial charge on any atom is 0.0948 e. The molecule has 2 aromatic rings. The van der Waals surface area contributed by atoms with E-state index >= 15 is 0 Å². The lowest BCUT2D eigenvalue weighted by molar-refractivity contribution is 0.197. The Morgan fingerprint density at radius 3 is 2.55 bits per heavy atom. The monoisotopic (exact) mass is 270 g/mol. The van der Waals surface area contributed by atoms with Crippen molar-refractivity contribution in [1.82, 2.24) is 14.5 Å². The van der Waals surface area contributed by atoms with Crippen molar-refractivity contribution in [2.75, 3.05) is 6.54 Å². The number of aromatic nitrogens is 2. The predicted molar refractivity (Wildman–Crippen MR) is 80.0 cm³/mol. The van der Waals surface area contributed by atoms with Gasteiger partial charge in [0.2, 0.25) is 0 Å². The van der Waals surface area contributed by atoms with Gasteiger partial charge >= 0.3 is 0 Å². The Bertz CT molecular complexity index is 550. The van der Waals surface area contributed by atoms with Gasteiger partial charge in [0.25, 0.3) is 0 Å². The van der Waals surface area contributed by atoms with Gasteiger partial charge in [-0.05, 0) is 17.5 Å². The molecule has 4 nitrogen and oxygen atoms in total. The molecule has 0 bridgehead atoms. The van der Waals surface area contributed by atoms with Gasteiger partial charge in [0.1, 0.15) is 0 Å². The van der Waals surface area contributed by atoms with E-state index in [4.69, 9.17) is 5.73 Å². The first-order chi connectivity index (χ1) is 9.83. The van der Waals surface area contributed by atoms with Crippen molar-refractivity contribution < 1.29 is 0 Å². The molecule has 1 aromatic carbocycles. The number of fused-ring (bicyclic) bond motifs is 1. The van der Waals surface area contributed by atoms with Crippen LogP contribution in [0.2, 0.25) is 0 Å². The highest BCUT2D eigenvalue weighted by Gasteiger charge is 2.27. The van der Waals surface area contributed by atoms with E-state index in [1.807, 2.05) is 12.5 Å². The Labute approximate surface area is 120 Å². The van der Waals surface area contributed by atoms with Crippen LogP contribution in [0.1, 0.15) is 36.2 Å². The van der Waals surface area contributed by atoms with Crippen molar-refractivity contribution in [3.63, 3.8) is 0 Å². The van der Waals surface area contributed by atoms with E-state index in [2.05, 4.69) is 45.6 Å². The van der Waals surface area contributed by atoms with E-state index in [1.165, 1.54) is 16.8 Å². The van der Waals surface area contributed by atoms with Gasteiger partial charge < -0.3 is 10.3 Å². The normalized spacial score (nSPS) is 16.3. The maximum absolute atomic E-state index is 6.06. The first kappa shape index (κ1) is 13.3. The highest BCUT2D eigenvalue weighted by molar-refractivity contribution is 5.31. The molecule has 0 saturated carbocycles. The minimum atomic E-state index is 0.247. The Morgan fingerprint density at radius 1 is 1.25 bits per heavy atom. The van der Waals surface area contributed by atoms with Crippen LogP contribution in [0.25, 0.3) is 0 Å². The zero-order valence-electron chi connectivity index (χ0n) is 12.0. The molecule has 2 N–H and O–H groups in total. The van der Waals surface area contributed by atoms with Crippen LogP contribution in [-0.2, 0) is 19.6 Å². The fourth-order valence-corrected chi connectivity index (χ4v) is 3.07. The van der Waals surface area contributed by atoms with Crippen molar-refractivity contribution in [3.05, 3.63) is 53.6 Å². The van der Waals surface area contributed by atoms with Gasteiger partial charge in [0.15, 0.2) is 0 Å². The average Bonchev–Trinajstić information content (AvgIpc) is 3.07. The van der Waals surface area contributed by atoms with E-state index in [0.29, 0.717) is 6.54 Å². The molecule has 2 heterocycles. The zero-order chi connectivity index (χ0) is 13.9. The standard InChI is InChI=1S/C16H22N4/c1-2-7-19-12-18-9-16(19)15(8-17)20-10-13-5-3-4-6-14(13)11-20/h3-6,9,12,15H,2,7-8,10-11,17H2,1H3. The summed E-state index contributed by atoms with van der Waals surface area (Å²) in [6.07, 6.45) is 5.00. The first-order valence-corrected chi connectivity index (χ1v) is 7.34. The summed E-state index contributed by atoms with van der Waals surface area (Å²) in [4.78, 5) is 6.76. The van der Waals surface area contributed by atoms with Crippen molar-refractivity contribution >= 4 is 0 Å². The van der Waals surface area contributed by atoms with Crippen molar-refractivity contribution in [2.45, 2.75) is 39.0 Å². The van der Waals surface area contributed by atoms with Gasteiger partial charge in [-0.1, -0.05) is 31.2 Å². The van der Waals surface area contributed by atoms with Crippen molar-refractivity contribution in [2.24, 2.45) is 5.73 Å². The fourth-order valence-electron chi connectivity index (χ4n) is 3.07. The Balaban J connectivity index is 1.83. The minimum Gasteiger partial charge on any atom is -0.333 e. The number of benzene rings is 1. The van der Waals surface area contributed by atoms with Crippen LogP contribution in [0, 0.1) is 0 Å². The maximum atomic E-state index is 6.06. The molecule has 1 atom stereocenters. The summed E-state index contributed by atoms with van der Waals surface area (Å²) in [7, 11) is 0. The van der Waals surface area contributed by atoms with Crippen LogP contribution in [0.4, 0.5) is 0 Å². The van der Waals surface area contributed by atoms with E-state index in [9.17, 15) is 0 Å². The van der Waals surface area contributed by atoms with Gasteiger partial charge in [-0.15, -0.1) is 0 Å². The third-order valence-corrected chi connectivity index (χ3v) is 4.08. The summed E-state index contributed by atoms with van der Waals surface area (Å²) in [6.45, 7) is 5.79. The Morgan fingerprint density at radius 2 is 1.95 bits per heavy atom. The first-order valence-electron chi connectivity index (χ1n) is 7.34. The quantitative estimate of drug-likeness (QED) is 0.907. The number of imidazole rings is 1. The number of nitrogens with two attached hydrogens (primary N) is 1. The molecule has 1 unspecified atom stereocenters. The molecular weight excluding hydrogens is 248 g/mol. The summed E-state index contributed by atoms with van der Waals surface area (Å²) < 4.78 is 2.24. The lowest BCUT2D eigenvalue weighted by Crippen LogP contribution is -2.31. The molecule has 3 rings (SSSR count). The Kier molecular flexibility index (Phi) is 3.85. The van der Waals surface area contributed by atoms with Gasteiger partial charge in [-0.25, -0.2) is 4.98 Å². The molecule has 0 amide bonds. The molecule has 106 valence electrons. The van der Waals surface area contributed by atoms with Gasteiger partial charge in [0, 0.05) is 32.4 Å². The largest absolute Gasteiger partial charge is 0.333 e. The topological polar surface area (TPSA) is 47.1 Å². The summed E-state index contributed by atoms with van der Waals surface area (Å²) in [6, 6.07) is 8.90. The SMILES string of the molecule is CCCn1cncc1C(CN)N1Cc2ccccc2C1. The number of aryl methyl sites for hydroxylation is 1. The number of hydrogen-bond acceptors (Lipinski definition) is 3. The Hall–Kier alpha value is -1.65. The molecule has 1 aliphatic heterocycles. The second-order valence-corrected chi connectivity index (χ2v) is 5.44. The van der Waals surface area contributed by atoms with E-state index in [1.54, 1.807) is 0 Å². The molecule has 1 aliphatic rings. The van der Waals surface area contributed by atoms with Crippen molar-refractivity contribution in [3.8, 4) is 0 Å². The smallest absolute Gasteiger partial charge is 0.0948 e. The van der Waals surface area contributed by atoms with Gasteiger partial charge in [-0.2, -0.15) is 0 Å². The summed E-state index contributed by atoms with van der Waals surface area (Å²) in [5, 5.41) is 0. The number of hydrogen-bond donors (Lipinski definition) is 1. The van der Waals surface area contributed by atoms with E-state index < -0.39 is 0 Å². The van der Waals surface area contributed by atoms with E-state index in [-0.39, 0.29) is 6.04 Å². The fraction of sp³-hybridized carbons (Fsp3) is 0.438. The highest BCUT2D eigenvalue weighted by atomic mass is 15.2. The van der Waals surface area contributed by atoms with Crippen molar-refractivity contribution in [1.29, 1.82) is 0 Å². The molecule has 1 aromatic heterocycles. The second-order valence-electron chi connectivity index (χ2n) is 5.44.